The molecular formula is C18H22N2O4. The lowest BCUT2D eigenvalue weighted by Crippen LogP contribution is -2.32. The number of nitrogens with two attached hydrogens (primary N) is 1. The Kier molecular flexibility index (Phi) is 4.57. The maximum Gasteiger partial charge on any atom is 0.290 e. The first kappa shape index (κ1) is 16.5. The second kappa shape index (κ2) is 6.65. The van der Waals surface area contributed by atoms with Gasteiger partial charge in [0.25, 0.3) is 5.91 Å². The normalized spacial score (nSPS) is 17.8. The zero-order valence-electron chi connectivity index (χ0n) is 14.0. The number of ether oxygens (including phenoxy) is 1. The van der Waals surface area contributed by atoms with E-state index < -0.39 is 0 Å². The molecule has 0 unspecified atom stereocenters. The van der Waals surface area contributed by atoms with Crippen LogP contribution in [-0.2, 0) is 16.1 Å². The highest BCUT2D eigenvalue weighted by Gasteiger charge is 2.33. The molecule has 1 aromatic heterocycles. The minimum absolute atomic E-state index is 0.0487. The maximum atomic E-state index is 12.9. The summed E-state index contributed by atoms with van der Waals surface area (Å²) in [4.78, 5) is 25.8. The second-order valence-electron chi connectivity index (χ2n) is 6.40. The highest BCUT2D eigenvalue weighted by Crippen LogP contribution is 2.29. The van der Waals surface area contributed by atoms with Crippen molar-refractivity contribution in [3.05, 3.63) is 35.6 Å². The number of rotatable bonds is 5. The SMILES string of the molecule is CC(C)OCc1c(C(=O)N2CC[C@@H](C(N)=O)C2)oc2ccccc12. The molecule has 1 aliphatic heterocycles. The molecule has 128 valence electrons. The molecule has 0 spiro atoms. The molecule has 1 saturated heterocycles. The number of hydrogen-bond donors (Lipinski definition) is 1. The van der Waals surface area contributed by atoms with Crippen LogP contribution in [0.5, 0.6) is 0 Å². The summed E-state index contributed by atoms with van der Waals surface area (Å²) in [6.07, 6.45) is 0.645. The van der Waals surface area contributed by atoms with Crippen LogP contribution in [0.2, 0.25) is 0 Å². The van der Waals surface area contributed by atoms with E-state index in [0.717, 1.165) is 10.9 Å². The van der Waals surface area contributed by atoms with E-state index in [1.54, 1.807) is 4.90 Å². The van der Waals surface area contributed by atoms with E-state index >= 15 is 0 Å². The van der Waals surface area contributed by atoms with Gasteiger partial charge in [-0.1, -0.05) is 18.2 Å². The van der Waals surface area contributed by atoms with Gasteiger partial charge in [0.1, 0.15) is 5.58 Å². The Morgan fingerprint density at radius 2 is 2.12 bits per heavy atom. The van der Waals surface area contributed by atoms with Crippen LogP contribution in [0.15, 0.2) is 28.7 Å². The van der Waals surface area contributed by atoms with Gasteiger partial charge in [-0.15, -0.1) is 0 Å². The van der Waals surface area contributed by atoms with Gasteiger partial charge < -0.3 is 19.8 Å². The van der Waals surface area contributed by atoms with Crippen LogP contribution < -0.4 is 5.73 Å². The summed E-state index contributed by atoms with van der Waals surface area (Å²) >= 11 is 0. The zero-order valence-corrected chi connectivity index (χ0v) is 14.0. The summed E-state index contributed by atoms with van der Waals surface area (Å²) < 4.78 is 11.5. The van der Waals surface area contributed by atoms with E-state index in [0.29, 0.717) is 37.5 Å². The predicted molar refractivity (Wildman–Crippen MR) is 89.3 cm³/mol. The molecule has 3 rings (SSSR count). The molecule has 0 aliphatic carbocycles. The molecule has 2 amide bonds. The van der Waals surface area contributed by atoms with Crippen molar-refractivity contribution in [1.29, 1.82) is 0 Å². The minimum Gasteiger partial charge on any atom is -0.451 e. The summed E-state index contributed by atoms with van der Waals surface area (Å²) in [6, 6.07) is 7.53. The monoisotopic (exact) mass is 330 g/mol. The highest BCUT2D eigenvalue weighted by atomic mass is 16.5. The van der Waals surface area contributed by atoms with Crippen molar-refractivity contribution in [3.8, 4) is 0 Å². The summed E-state index contributed by atoms with van der Waals surface area (Å²) in [5.41, 5.74) is 6.77. The van der Waals surface area contributed by atoms with Crippen LogP contribution in [0.3, 0.4) is 0 Å². The number of fused-ring (bicyclic) bond motifs is 1. The van der Waals surface area contributed by atoms with Gasteiger partial charge in [-0.05, 0) is 26.3 Å². The van der Waals surface area contributed by atoms with E-state index in [9.17, 15) is 9.59 Å². The molecule has 2 aromatic rings. The Morgan fingerprint density at radius 3 is 2.79 bits per heavy atom. The lowest BCUT2D eigenvalue weighted by atomic mass is 10.1. The lowest BCUT2D eigenvalue weighted by Gasteiger charge is -2.15. The third kappa shape index (κ3) is 3.14. The van der Waals surface area contributed by atoms with Crippen molar-refractivity contribution in [1.82, 2.24) is 4.90 Å². The molecule has 1 aromatic carbocycles. The number of furan rings is 1. The van der Waals surface area contributed by atoms with Crippen molar-refractivity contribution in [2.45, 2.75) is 33.0 Å². The Labute approximate surface area is 140 Å². The average Bonchev–Trinajstić information content (AvgIpc) is 3.17. The predicted octanol–water partition coefficient (Wildman–Crippen LogP) is 2.31. The van der Waals surface area contributed by atoms with Crippen LogP contribution in [0.4, 0.5) is 0 Å². The van der Waals surface area contributed by atoms with E-state index in [-0.39, 0.29) is 23.8 Å². The maximum absolute atomic E-state index is 12.9. The minimum atomic E-state index is -0.363. The molecule has 2 N–H and O–H groups in total. The summed E-state index contributed by atoms with van der Waals surface area (Å²) in [5, 5.41) is 0.882. The number of carbonyl (C=O) groups excluding carboxylic acids is 2. The van der Waals surface area contributed by atoms with E-state index in [1.807, 2.05) is 38.1 Å². The Bertz CT molecular complexity index is 765. The first-order valence-corrected chi connectivity index (χ1v) is 8.18. The number of amides is 2. The number of benzene rings is 1. The fraction of sp³-hybridized carbons (Fsp3) is 0.444. The molecule has 6 heteroatoms. The summed E-state index contributed by atoms with van der Waals surface area (Å²) in [6.45, 7) is 5.05. The lowest BCUT2D eigenvalue weighted by molar-refractivity contribution is -0.121. The third-order valence-electron chi connectivity index (χ3n) is 4.33. The van der Waals surface area contributed by atoms with Gasteiger partial charge in [-0.25, -0.2) is 0 Å². The van der Waals surface area contributed by atoms with Gasteiger partial charge >= 0.3 is 0 Å². The molecule has 1 aliphatic rings. The largest absolute Gasteiger partial charge is 0.451 e. The number of carbonyl (C=O) groups is 2. The van der Waals surface area contributed by atoms with Crippen LogP contribution >= 0.6 is 0 Å². The number of hydrogen-bond acceptors (Lipinski definition) is 4. The summed E-state index contributed by atoms with van der Waals surface area (Å²) in [7, 11) is 0. The number of nitrogens with zero attached hydrogens (tertiary/aromatic N) is 1. The summed E-state index contributed by atoms with van der Waals surface area (Å²) in [5.74, 6) is -0.564. The Hall–Kier alpha value is -2.34. The Balaban J connectivity index is 1.91. The molecule has 0 saturated carbocycles. The molecule has 1 atom stereocenters. The van der Waals surface area contributed by atoms with Gasteiger partial charge in [0.05, 0.1) is 18.6 Å². The molecular weight excluding hydrogens is 308 g/mol. The molecule has 2 heterocycles. The van der Waals surface area contributed by atoms with Crippen LogP contribution in [0.1, 0.15) is 36.4 Å². The standard InChI is InChI=1S/C18H22N2O4/c1-11(2)23-10-14-13-5-3-4-6-15(13)24-16(14)18(22)20-8-7-12(9-20)17(19)21/h3-6,11-12H,7-10H2,1-2H3,(H2,19,21)/t12-/m1/s1. The van der Waals surface area contributed by atoms with E-state index in [4.69, 9.17) is 14.9 Å². The number of primary amides is 1. The fourth-order valence-corrected chi connectivity index (χ4v) is 2.99. The topological polar surface area (TPSA) is 85.8 Å². The highest BCUT2D eigenvalue weighted by molar-refractivity contribution is 5.99. The van der Waals surface area contributed by atoms with Crippen molar-refractivity contribution in [2.75, 3.05) is 13.1 Å². The van der Waals surface area contributed by atoms with Crippen molar-refractivity contribution in [2.24, 2.45) is 11.7 Å². The first-order valence-electron chi connectivity index (χ1n) is 8.18. The van der Waals surface area contributed by atoms with Crippen LogP contribution in [0.25, 0.3) is 11.0 Å². The van der Waals surface area contributed by atoms with Gasteiger partial charge in [0, 0.05) is 24.0 Å². The zero-order chi connectivity index (χ0) is 17.3. The van der Waals surface area contributed by atoms with Gasteiger partial charge in [0.2, 0.25) is 5.91 Å². The smallest absolute Gasteiger partial charge is 0.290 e. The number of para-hydroxylation sites is 1. The second-order valence-corrected chi connectivity index (χ2v) is 6.40. The fourth-order valence-electron chi connectivity index (χ4n) is 2.99. The quantitative estimate of drug-likeness (QED) is 0.911. The first-order chi connectivity index (χ1) is 11.5. The van der Waals surface area contributed by atoms with Crippen molar-refractivity contribution < 1.29 is 18.7 Å². The molecule has 24 heavy (non-hydrogen) atoms. The third-order valence-corrected chi connectivity index (χ3v) is 4.33. The number of likely N-dealkylation sites (tertiary alicyclic amines) is 1. The average molecular weight is 330 g/mol. The van der Waals surface area contributed by atoms with E-state index in [2.05, 4.69) is 0 Å². The Morgan fingerprint density at radius 1 is 1.38 bits per heavy atom. The van der Waals surface area contributed by atoms with Gasteiger partial charge in [-0.2, -0.15) is 0 Å². The van der Waals surface area contributed by atoms with Crippen LogP contribution in [0, 0.1) is 5.92 Å². The van der Waals surface area contributed by atoms with Gasteiger partial charge in [-0.3, -0.25) is 9.59 Å². The van der Waals surface area contributed by atoms with Crippen molar-refractivity contribution in [3.63, 3.8) is 0 Å². The van der Waals surface area contributed by atoms with E-state index in [1.165, 1.54) is 0 Å². The molecule has 0 bridgehead atoms. The van der Waals surface area contributed by atoms with Gasteiger partial charge in [0.15, 0.2) is 5.76 Å². The molecule has 1 fully saturated rings. The molecule has 0 radical (unpaired) electrons. The van der Waals surface area contributed by atoms with Crippen molar-refractivity contribution >= 4 is 22.8 Å². The van der Waals surface area contributed by atoms with Crippen LogP contribution in [-0.4, -0.2) is 35.9 Å². The molecule has 6 nitrogen and oxygen atoms in total.